The normalized spacial score (nSPS) is 20.9. The molecule has 0 aromatic heterocycles. The van der Waals surface area contributed by atoms with E-state index in [4.69, 9.17) is 28.9 Å². The van der Waals surface area contributed by atoms with Crippen LogP contribution < -0.4 is 11.1 Å². The fraction of sp³-hybridized carbons (Fsp3) is 0.250. The molecule has 1 fully saturated rings. The molecule has 0 atom stereocenters. The molecule has 1 saturated carbocycles. The minimum atomic E-state index is -0.135. The van der Waals surface area contributed by atoms with Gasteiger partial charge in [-0.2, -0.15) is 0 Å². The van der Waals surface area contributed by atoms with Crippen molar-refractivity contribution in [2.45, 2.75) is 24.9 Å². The second-order valence-corrected chi connectivity index (χ2v) is 6.24. The summed E-state index contributed by atoms with van der Waals surface area (Å²) in [5, 5.41) is 13.5. The van der Waals surface area contributed by atoms with Crippen LogP contribution in [-0.4, -0.2) is 11.2 Å². The third kappa shape index (κ3) is 3.10. The molecule has 21 heavy (non-hydrogen) atoms. The van der Waals surface area contributed by atoms with E-state index in [2.05, 4.69) is 17.4 Å². The van der Waals surface area contributed by atoms with E-state index in [9.17, 15) is 5.11 Å². The van der Waals surface area contributed by atoms with Crippen LogP contribution in [-0.2, 0) is 0 Å². The summed E-state index contributed by atoms with van der Waals surface area (Å²) in [7, 11) is 0. The van der Waals surface area contributed by atoms with Gasteiger partial charge in [-0.1, -0.05) is 35.3 Å². The quantitative estimate of drug-likeness (QED) is 0.726. The van der Waals surface area contributed by atoms with E-state index >= 15 is 0 Å². The van der Waals surface area contributed by atoms with Crippen LogP contribution in [0.25, 0.3) is 0 Å². The van der Waals surface area contributed by atoms with Gasteiger partial charge < -0.3 is 16.2 Å². The lowest BCUT2D eigenvalue weighted by Gasteiger charge is -2.31. The molecule has 1 aliphatic carbocycles. The van der Waals surface area contributed by atoms with E-state index in [0.29, 0.717) is 21.7 Å². The van der Waals surface area contributed by atoms with Crippen molar-refractivity contribution in [1.82, 2.24) is 0 Å². The number of aliphatic hydroxyl groups is 1. The molecule has 0 spiro atoms. The Morgan fingerprint density at radius 3 is 2.29 bits per heavy atom. The molecule has 4 N–H and O–H groups in total. The number of benzene rings is 2. The Bertz CT molecular complexity index is 652. The smallest absolute Gasteiger partial charge is 0.0633 e. The number of anilines is 3. The van der Waals surface area contributed by atoms with E-state index in [1.54, 1.807) is 12.1 Å². The van der Waals surface area contributed by atoms with Gasteiger partial charge in [0.1, 0.15) is 0 Å². The van der Waals surface area contributed by atoms with Crippen LogP contribution in [0.5, 0.6) is 0 Å². The Hall–Kier alpha value is -1.42. The van der Waals surface area contributed by atoms with Gasteiger partial charge >= 0.3 is 0 Å². The Morgan fingerprint density at radius 1 is 1.05 bits per heavy atom. The lowest BCUT2D eigenvalue weighted by atomic mass is 9.78. The molecule has 3 rings (SSSR count). The molecule has 0 amide bonds. The van der Waals surface area contributed by atoms with Crippen molar-refractivity contribution in [2.75, 3.05) is 11.1 Å². The molecule has 0 unspecified atom stereocenters. The number of hydrogen-bond donors (Lipinski definition) is 3. The van der Waals surface area contributed by atoms with Gasteiger partial charge in [0.15, 0.2) is 0 Å². The predicted molar refractivity (Wildman–Crippen MR) is 88.6 cm³/mol. The summed E-state index contributed by atoms with van der Waals surface area (Å²) >= 11 is 11.9. The maximum absolute atomic E-state index is 9.36. The van der Waals surface area contributed by atoms with Gasteiger partial charge in [-0.3, -0.25) is 0 Å². The van der Waals surface area contributed by atoms with Crippen molar-refractivity contribution in [2.24, 2.45) is 0 Å². The average molecular weight is 323 g/mol. The third-order valence-corrected chi connectivity index (χ3v) is 4.59. The van der Waals surface area contributed by atoms with E-state index in [1.165, 1.54) is 5.56 Å². The van der Waals surface area contributed by atoms with Crippen LogP contribution in [0.3, 0.4) is 0 Å². The number of nitrogens with one attached hydrogen (secondary N) is 1. The Labute approximate surface area is 133 Å². The summed E-state index contributed by atoms with van der Waals surface area (Å²) in [5.74, 6) is 0.476. The maximum atomic E-state index is 9.36. The Morgan fingerprint density at radius 2 is 1.67 bits per heavy atom. The zero-order chi connectivity index (χ0) is 15.0. The van der Waals surface area contributed by atoms with Crippen LogP contribution in [0.4, 0.5) is 17.1 Å². The Balaban J connectivity index is 1.75. The largest absolute Gasteiger partial charge is 0.397 e. The highest BCUT2D eigenvalue weighted by Gasteiger charge is 2.28. The molecule has 0 heterocycles. The number of rotatable bonds is 3. The number of halogens is 2. The fourth-order valence-corrected chi connectivity index (χ4v) is 2.86. The molecule has 0 bridgehead atoms. The summed E-state index contributed by atoms with van der Waals surface area (Å²) in [6.07, 6.45) is 1.57. The summed E-state index contributed by atoms with van der Waals surface area (Å²) in [6.45, 7) is 0. The van der Waals surface area contributed by atoms with Crippen LogP contribution in [0, 0.1) is 0 Å². The van der Waals surface area contributed by atoms with E-state index in [0.717, 1.165) is 24.2 Å². The van der Waals surface area contributed by atoms with E-state index in [1.807, 2.05) is 12.1 Å². The fourth-order valence-electron chi connectivity index (χ4n) is 2.52. The molecule has 5 heteroatoms. The molecule has 0 saturated heterocycles. The monoisotopic (exact) mass is 322 g/mol. The van der Waals surface area contributed by atoms with Gasteiger partial charge in [0.2, 0.25) is 0 Å². The first-order valence-corrected chi connectivity index (χ1v) is 7.58. The molecule has 2 aromatic carbocycles. The van der Waals surface area contributed by atoms with Crippen molar-refractivity contribution in [3.8, 4) is 0 Å². The molecular formula is C16H16Cl2N2O. The first-order valence-electron chi connectivity index (χ1n) is 6.82. The van der Waals surface area contributed by atoms with Crippen molar-refractivity contribution in [1.29, 1.82) is 0 Å². The molecule has 3 nitrogen and oxygen atoms in total. The number of aliphatic hydroxyl groups excluding tert-OH is 1. The van der Waals surface area contributed by atoms with Gasteiger partial charge in [-0.25, -0.2) is 0 Å². The lowest BCUT2D eigenvalue weighted by molar-refractivity contribution is 0.0746. The van der Waals surface area contributed by atoms with Gasteiger partial charge in [0.05, 0.1) is 27.5 Å². The molecular weight excluding hydrogens is 307 g/mol. The molecule has 110 valence electrons. The van der Waals surface area contributed by atoms with Crippen LogP contribution in [0.1, 0.15) is 24.3 Å². The van der Waals surface area contributed by atoms with Gasteiger partial charge in [0.25, 0.3) is 0 Å². The minimum Gasteiger partial charge on any atom is -0.397 e. The van der Waals surface area contributed by atoms with Crippen molar-refractivity contribution in [3.05, 3.63) is 52.0 Å². The van der Waals surface area contributed by atoms with E-state index in [-0.39, 0.29) is 6.10 Å². The number of hydrogen-bond acceptors (Lipinski definition) is 3. The molecule has 1 aliphatic rings. The zero-order valence-corrected chi connectivity index (χ0v) is 12.8. The predicted octanol–water partition coefficient (Wildman–Crippen LogP) is 4.56. The summed E-state index contributed by atoms with van der Waals surface area (Å²) < 4.78 is 0. The van der Waals surface area contributed by atoms with E-state index < -0.39 is 0 Å². The highest BCUT2D eigenvalue weighted by Crippen LogP contribution is 2.37. The van der Waals surface area contributed by atoms with Crippen LogP contribution in [0.2, 0.25) is 10.0 Å². The van der Waals surface area contributed by atoms with Gasteiger partial charge in [0, 0.05) is 5.69 Å². The van der Waals surface area contributed by atoms with Crippen molar-refractivity contribution in [3.63, 3.8) is 0 Å². The maximum Gasteiger partial charge on any atom is 0.0633 e. The average Bonchev–Trinajstić information content (AvgIpc) is 2.42. The van der Waals surface area contributed by atoms with Crippen LogP contribution in [0.15, 0.2) is 36.4 Å². The zero-order valence-electron chi connectivity index (χ0n) is 11.3. The first kappa shape index (κ1) is 14.5. The SMILES string of the molecule is Nc1cc(Cl)c(Cl)cc1Nc1ccc([C@H]2C[C@H](O)C2)cc1. The standard InChI is InChI=1S/C16H16Cl2N2O/c17-13-7-15(19)16(8-14(13)18)20-11-3-1-9(2-4-11)10-5-12(21)6-10/h1-4,7-8,10,12,20-21H,5-6,19H2/t10-,12-. The van der Waals surface area contributed by atoms with Crippen LogP contribution >= 0.6 is 23.2 Å². The second kappa shape index (κ2) is 5.76. The topological polar surface area (TPSA) is 58.3 Å². The van der Waals surface area contributed by atoms with Crippen molar-refractivity contribution >= 4 is 40.3 Å². The third-order valence-electron chi connectivity index (χ3n) is 3.87. The van der Waals surface area contributed by atoms with Gasteiger partial charge in [-0.05, 0) is 48.6 Å². The molecule has 2 aromatic rings. The van der Waals surface area contributed by atoms with Gasteiger partial charge in [-0.15, -0.1) is 0 Å². The Kier molecular flexibility index (Phi) is 3.98. The summed E-state index contributed by atoms with van der Waals surface area (Å²) in [6, 6.07) is 11.5. The summed E-state index contributed by atoms with van der Waals surface area (Å²) in [4.78, 5) is 0. The summed E-state index contributed by atoms with van der Waals surface area (Å²) in [5.41, 5.74) is 9.40. The highest BCUT2D eigenvalue weighted by atomic mass is 35.5. The molecule has 0 radical (unpaired) electrons. The van der Waals surface area contributed by atoms with Crippen molar-refractivity contribution < 1.29 is 5.11 Å². The first-order chi connectivity index (χ1) is 10.0. The highest BCUT2D eigenvalue weighted by molar-refractivity contribution is 6.42. The molecule has 0 aliphatic heterocycles. The minimum absolute atomic E-state index is 0.135. The lowest BCUT2D eigenvalue weighted by Crippen LogP contribution is -2.26. The number of nitrogens with two attached hydrogens (primary N) is 1. The number of nitrogen functional groups attached to an aromatic ring is 1. The second-order valence-electron chi connectivity index (χ2n) is 5.42.